The topological polar surface area (TPSA) is 74.2 Å². The molecule has 0 unspecified atom stereocenters. The van der Waals surface area contributed by atoms with E-state index in [0.29, 0.717) is 31.1 Å². The number of hydrogen-bond donors (Lipinski definition) is 1. The Bertz CT molecular complexity index is 977. The molecular formula is C24H29ClN4O3. The maximum absolute atomic E-state index is 13.4. The van der Waals surface area contributed by atoms with Crippen molar-refractivity contribution in [1.82, 2.24) is 15.2 Å². The summed E-state index contributed by atoms with van der Waals surface area (Å²) in [6.07, 6.45) is 0.539. The van der Waals surface area contributed by atoms with Gasteiger partial charge in [-0.15, -0.1) is 0 Å². The summed E-state index contributed by atoms with van der Waals surface area (Å²) in [7, 11) is 1.56. The summed E-state index contributed by atoms with van der Waals surface area (Å²) in [6, 6.07) is 15.0. The van der Waals surface area contributed by atoms with Gasteiger partial charge >= 0.3 is 6.03 Å². The van der Waals surface area contributed by atoms with Crippen LogP contribution in [0.15, 0.2) is 53.6 Å². The highest BCUT2D eigenvalue weighted by Crippen LogP contribution is 2.34. The van der Waals surface area contributed by atoms with E-state index in [4.69, 9.17) is 16.3 Å². The number of urea groups is 1. The van der Waals surface area contributed by atoms with Gasteiger partial charge in [-0.3, -0.25) is 4.79 Å². The van der Waals surface area contributed by atoms with Gasteiger partial charge in [-0.1, -0.05) is 59.6 Å². The van der Waals surface area contributed by atoms with Gasteiger partial charge in [-0.2, -0.15) is 5.10 Å². The highest BCUT2D eigenvalue weighted by molar-refractivity contribution is 6.34. The molecule has 2 aromatic rings. The zero-order chi connectivity index (χ0) is 23.1. The van der Waals surface area contributed by atoms with Crippen LogP contribution < -0.4 is 5.32 Å². The smallest absolute Gasteiger partial charge is 0.317 e. The van der Waals surface area contributed by atoms with Crippen molar-refractivity contribution >= 4 is 29.3 Å². The van der Waals surface area contributed by atoms with Crippen molar-refractivity contribution in [3.63, 3.8) is 0 Å². The number of ether oxygens (including phenoxy) is 1. The molecule has 170 valence electrons. The van der Waals surface area contributed by atoms with Crippen LogP contribution in [0.25, 0.3) is 0 Å². The number of nitrogens with one attached hydrogen (secondary N) is 1. The molecule has 0 aliphatic carbocycles. The number of carbonyl (C=O) groups is 2. The summed E-state index contributed by atoms with van der Waals surface area (Å²) in [5.41, 5.74) is 3.67. The number of nitrogens with zero attached hydrogens (tertiary/aromatic N) is 3. The normalized spacial score (nSPS) is 15.4. The highest BCUT2D eigenvalue weighted by Gasteiger charge is 2.34. The number of benzene rings is 2. The highest BCUT2D eigenvalue weighted by atomic mass is 35.5. The Hall–Kier alpha value is -2.90. The zero-order valence-corrected chi connectivity index (χ0v) is 19.4. The Morgan fingerprint density at radius 2 is 1.94 bits per heavy atom. The molecule has 0 spiro atoms. The molecule has 0 saturated carbocycles. The van der Waals surface area contributed by atoms with E-state index in [1.54, 1.807) is 7.11 Å². The van der Waals surface area contributed by atoms with Crippen LogP contribution in [0.5, 0.6) is 0 Å². The van der Waals surface area contributed by atoms with E-state index < -0.39 is 0 Å². The molecule has 1 aliphatic heterocycles. The first-order chi connectivity index (χ1) is 15.4. The Morgan fingerprint density at radius 3 is 2.59 bits per heavy atom. The molecule has 3 amide bonds. The lowest BCUT2D eigenvalue weighted by Crippen LogP contribution is -2.47. The van der Waals surface area contributed by atoms with Crippen molar-refractivity contribution in [3.05, 3.63) is 70.2 Å². The molecule has 0 bridgehead atoms. The molecular weight excluding hydrogens is 428 g/mol. The van der Waals surface area contributed by atoms with Crippen molar-refractivity contribution in [2.75, 3.05) is 33.4 Å². The Balaban J connectivity index is 1.90. The van der Waals surface area contributed by atoms with Gasteiger partial charge in [0.05, 0.1) is 18.4 Å². The predicted octanol–water partition coefficient (Wildman–Crippen LogP) is 4.00. The number of hydrazone groups is 1. The molecule has 0 aromatic heterocycles. The van der Waals surface area contributed by atoms with E-state index >= 15 is 0 Å². The minimum atomic E-state index is -0.306. The number of halogens is 1. The van der Waals surface area contributed by atoms with Gasteiger partial charge in [0, 0.05) is 37.2 Å². The van der Waals surface area contributed by atoms with E-state index in [2.05, 4.69) is 10.4 Å². The molecule has 7 nitrogen and oxygen atoms in total. The third-order valence-electron chi connectivity index (χ3n) is 5.32. The standard InChI is InChI=1S/C24H29ClN4O3/c1-4-26-24(31)28(13-14-32-3)16-23(30)29-22(18-11-9-17(2)10-12-18)15-21(27-29)19-7-5-6-8-20(19)25/h5-12,22H,4,13-16H2,1-3H3,(H,26,31)/t22-/m1/s1. The second kappa shape index (κ2) is 11.1. The summed E-state index contributed by atoms with van der Waals surface area (Å²) >= 11 is 6.40. The summed E-state index contributed by atoms with van der Waals surface area (Å²) < 4.78 is 5.11. The van der Waals surface area contributed by atoms with Gasteiger partial charge in [-0.25, -0.2) is 9.80 Å². The van der Waals surface area contributed by atoms with Gasteiger partial charge in [-0.05, 0) is 25.5 Å². The lowest BCUT2D eigenvalue weighted by atomic mass is 9.97. The molecule has 8 heteroatoms. The second-order valence-electron chi connectivity index (χ2n) is 7.65. The van der Waals surface area contributed by atoms with Crippen LogP contribution in [0.4, 0.5) is 4.79 Å². The molecule has 0 radical (unpaired) electrons. The van der Waals surface area contributed by atoms with E-state index in [-0.39, 0.29) is 24.5 Å². The summed E-state index contributed by atoms with van der Waals surface area (Å²) in [5.74, 6) is -0.264. The number of aryl methyl sites for hydroxylation is 1. The molecule has 0 saturated heterocycles. The van der Waals surface area contributed by atoms with Crippen molar-refractivity contribution in [2.45, 2.75) is 26.3 Å². The predicted molar refractivity (Wildman–Crippen MR) is 126 cm³/mol. The van der Waals surface area contributed by atoms with Crippen LogP contribution in [-0.2, 0) is 9.53 Å². The third kappa shape index (κ3) is 5.66. The first kappa shape index (κ1) is 23.8. The number of rotatable bonds is 8. The molecule has 2 aromatic carbocycles. The first-order valence-electron chi connectivity index (χ1n) is 10.7. The van der Waals surface area contributed by atoms with Gasteiger partial charge in [0.25, 0.3) is 5.91 Å². The largest absolute Gasteiger partial charge is 0.383 e. The van der Waals surface area contributed by atoms with Crippen LogP contribution in [0.2, 0.25) is 5.02 Å². The van der Waals surface area contributed by atoms with Gasteiger partial charge in [0.1, 0.15) is 6.54 Å². The lowest BCUT2D eigenvalue weighted by Gasteiger charge is -2.27. The number of methoxy groups -OCH3 is 1. The maximum atomic E-state index is 13.4. The molecule has 1 heterocycles. The zero-order valence-electron chi connectivity index (χ0n) is 18.7. The van der Waals surface area contributed by atoms with Crippen LogP contribution >= 0.6 is 11.6 Å². The third-order valence-corrected chi connectivity index (χ3v) is 5.65. The molecule has 1 N–H and O–H groups in total. The van der Waals surface area contributed by atoms with Crippen LogP contribution in [-0.4, -0.2) is 60.9 Å². The van der Waals surface area contributed by atoms with Crippen molar-refractivity contribution in [2.24, 2.45) is 5.10 Å². The minimum absolute atomic E-state index is 0.100. The average Bonchev–Trinajstić information content (AvgIpc) is 3.22. The van der Waals surface area contributed by atoms with Crippen LogP contribution in [0, 0.1) is 6.92 Å². The lowest BCUT2D eigenvalue weighted by molar-refractivity contribution is -0.133. The molecule has 0 fully saturated rings. The van der Waals surface area contributed by atoms with E-state index in [0.717, 1.165) is 22.4 Å². The Morgan fingerprint density at radius 1 is 1.22 bits per heavy atom. The fourth-order valence-corrected chi connectivity index (χ4v) is 3.84. The van der Waals surface area contributed by atoms with E-state index in [1.165, 1.54) is 9.91 Å². The number of amides is 3. The first-order valence-corrected chi connectivity index (χ1v) is 11.0. The number of hydrogen-bond acceptors (Lipinski definition) is 4. The van der Waals surface area contributed by atoms with E-state index in [1.807, 2.05) is 62.4 Å². The van der Waals surface area contributed by atoms with Crippen LogP contribution in [0.1, 0.15) is 36.1 Å². The van der Waals surface area contributed by atoms with Gasteiger partial charge < -0.3 is 15.0 Å². The summed E-state index contributed by atoms with van der Waals surface area (Å²) in [4.78, 5) is 27.3. The Labute approximate surface area is 194 Å². The molecule has 1 aliphatic rings. The average molecular weight is 457 g/mol. The maximum Gasteiger partial charge on any atom is 0.317 e. The summed E-state index contributed by atoms with van der Waals surface area (Å²) in [5, 5.41) is 9.49. The van der Waals surface area contributed by atoms with Crippen molar-refractivity contribution in [1.29, 1.82) is 0 Å². The quantitative estimate of drug-likeness (QED) is 0.652. The number of carbonyl (C=O) groups excluding carboxylic acids is 2. The van der Waals surface area contributed by atoms with Gasteiger partial charge in [0.2, 0.25) is 0 Å². The molecule has 1 atom stereocenters. The van der Waals surface area contributed by atoms with Crippen molar-refractivity contribution < 1.29 is 14.3 Å². The van der Waals surface area contributed by atoms with Gasteiger partial charge in [0.15, 0.2) is 0 Å². The fraction of sp³-hybridized carbons (Fsp3) is 0.375. The van der Waals surface area contributed by atoms with E-state index in [9.17, 15) is 9.59 Å². The second-order valence-corrected chi connectivity index (χ2v) is 8.05. The van der Waals surface area contributed by atoms with Crippen molar-refractivity contribution in [3.8, 4) is 0 Å². The minimum Gasteiger partial charge on any atom is -0.383 e. The van der Waals surface area contributed by atoms with Crippen LogP contribution in [0.3, 0.4) is 0 Å². The SMILES string of the molecule is CCNC(=O)N(CCOC)CC(=O)N1N=C(c2ccccc2Cl)C[C@@H]1c1ccc(C)cc1. The molecule has 32 heavy (non-hydrogen) atoms. The molecule has 3 rings (SSSR count). The fourth-order valence-electron chi connectivity index (χ4n) is 3.60. The summed E-state index contributed by atoms with van der Waals surface area (Å²) in [6.45, 7) is 4.87. The monoisotopic (exact) mass is 456 g/mol. The Kier molecular flexibility index (Phi) is 8.25.